The van der Waals surface area contributed by atoms with E-state index in [9.17, 15) is 9.59 Å². The quantitative estimate of drug-likeness (QED) is 0.667. The number of piperazine rings is 1. The van der Waals surface area contributed by atoms with Gasteiger partial charge < -0.3 is 29.3 Å². The number of anilines is 2. The van der Waals surface area contributed by atoms with E-state index in [4.69, 9.17) is 14.2 Å². The Balaban J connectivity index is 1.58. The number of carbonyl (C=O) groups is 2. The SMILES string of the molecule is COc1cc(NC(=O)Cc2csc(NC(=O)N3CCN(C)CC3)n2)cc(OC)c1OC. The second kappa shape index (κ2) is 10.3. The number of hydrogen-bond acceptors (Lipinski definition) is 8. The van der Waals surface area contributed by atoms with Crippen LogP contribution < -0.4 is 24.8 Å². The van der Waals surface area contributed by atoms with E-state index in [0.29, 0.717) is 46.9 Å². The summed E-state index contributed by atoms with van der Waals surface area (Å²) >= 11 is 1.29. The van der Waals surface area contributed by atoms with Crippen molar-refractivity contribution in [3.8, 4) is 17.2 Å². The highest BCUT2D eigenvalue weighted by Gasteiger charge is 2.20. The van der Waals surface area contributed by atoms with Crippen molar-refractivity contribution in [2.45, 2.75) is 6.42 Å². The number of benzene rings is 1. The van der Waals surface area contributed by atoms with E-state index in [-0.39, 0.29) is 18.4 Å². The van der Waals surface area contributed by atoms with E-state index < -0.39 is 0 Å². The molecule has 1 aromatic heterocycles. The zero-order valence-electron chi connectivity index (χ0n) is 18.1. The predicted molar refractivity (Wildman–Crippen MR) is 119 cm³/mol. The lowest BCUT2D eigenvalue weighted by atomic mass is 10.2. The minimum atomic E-state index is -0.253. The van der Waals surface area contributed by atoms with E-state index in [0.717, 1.165) is 13.1 Å². The highest BCUT2D eigenvalue weighted by molar-refractivity contribution is 7.13. The third kappa shape index (κ3) is 5.76. The number of aromatic nitrogens is 1. The number of rotatable bonds is 7. The summed E-state index contributed by atoms with van der Waals surface area (Å²) < 4.78 is 15.9. The van der Waals surface area contributed by atoms with Crippen molar-refractivity contribution in [2.24, 2.45) is 0 Å². The lowest BCUT2D eigenvalue weighted by Gasteiger charge is -2.32. The molecule has 0 bridgehead atoms. The first-order valence-corrected chi connectivity index (χ1v) is 10.6. The van der Waals surface area contributed by atoms with Gasteiger partial charge in [-0.1, -0.05) is 0 Å². The van der Waals surface area contributed by atoms with Crippen LogP contribution in [0.5, 0.6) is 17.2 Å². The lowest BCUT2D eigenvalue weighted by Crippen LogP contribution is -2.48. The van der Waals surface area contributed by atoms with Crippen LogP contribution >= 0.6 is 11.3 Å². The standard InChI is InChI=1S/C20H27N5O5S/c1-24-5-7-25(8-6-24)20(27)23-19-22-14(12-31-19)11-17(26)21-13-9-15(28-2)18(30-4)16(10-13)29-3/h9-10,12H,5-8,11H2,1-4H3,(H,21,26)(H,22,23,27). The van der Waals surface area contributed by atoms with E-state index in [2.05, 4.69) is 20.5 Å². The molecule has 168 valence electrons. The van der Waals surface area contributed by atoms with Crippen molar-refractivity contribution in [1.29, 1.82) is 0 Å². The van der Waals surface area contributed by atoms with Crippen LogP contribution in [-0.2, 0) is 11.2 Å². The number of hydrogen-bond donors (Lipinski definition) is 2. The van der Waals surface area contributed by atoms with Crippen LogP contribution in [0.25, 0.3) is 0 Å². The number of thiazole rings is 1. The first-order valence-electron chi connectivity index (χ1n) is 9.72. The molecule has 1 aromatic carbocycles. The van der Waals surface area contributed by atoms with Crippen LogP contribution in [0.15, 0.2) is 17.5 Å². The zero-order chi connectivity index (χ0) is 22.4. The molecule has 3 amide bonds. The summed E-state index contributed by atoms with van der Waals surface area (Å²) in [6.07, 6.45) is 0.0670. The molecule has 1 saturated heterocycles. The third-order valence-electron chi connectivity index (χ3n) is 4.85. The van der Waals surface area contributed by atoms with Gasteiger partial charge in [0, 0.05) is 49.4 Å². The first-order chi connectivity index (χ1) is 14.9. The topological polar surface area (TPSA) is 105 Å². The molecule has 2 aromatic rings. The largest absolute Gasteiger partial charge is 0.493 e. The van der Waals surface area contributed by atoms with Crippen LogP contribution in [0, 0.1) is 0 Å². The molecule has 0 atom stereocenters. The number of amides is 3. The van der Waals surface area contributed by atoms with Gasteiger partial charge in [-0.05, 0) is 7.05 Å². The van der Waals surface area contributed by atoms with Crippen molar-refractivity contribution in [3.63, 3.8) is 0 Å². The van der Waals surface area contributed by atoms with Gasteiger partial charge in [0.15, 0.2) is 16.6 Å². The summed E-state index contributed by atoms with van der Waals surface area (Å²) in [5, 5.41) is 7.85. The van der Waals surface area contributed by atoms with Crippen LogP contribution in [0.4, 0.5) is 15.6 Å². The Kier molecular flexibility index (Phi) is 7.53. The molecule has 2 heterocycles. The average Bonchev–Trinajstić information content (AvgIpc) is 3.19. The molecule has 0 spiro atoms. The molecule has 3 rings (SSSR count). The molecular formula is C20H27N5O5S. The van der Waals surface area contributed by atoms with Gasteiger partial charge in [-0.2, -0.15) is 0 Å². The van der Waals surface area contributed by atoms with Crippen LogP contribution in [0.2, 0.25) is 0 Å². The van der Waals surface area contributed by atoms with Crippen LogP contribution in [-0.4, -0.2) is 81.3 Å². The number of carbonyl (C=O) groups excluding carboxylic acids is 2. The van der Waals surface area contributed by atoms with Gasteiger partial charge in [-0.3, -0.25) is 10.1 Å². The first kappa shape index (κ1) is 22.6. The molecule has 1 aliphatic heterocycles. The summed E-state index contributed by atoms with van der Waals surface area (Å²) in [5.41, 5.74) is 1.09. The summed E-state index contributed by atoms with van der Waals surface area (Å²) in [6.45, 7) is 3.05. The molecule has 10 nitrogen and oxygen atoms in total. The monoisotopic (exact) mass is 449 g/mol. The lowest BCUT2D eigenvalue weighted by molar-refractivity contribution is -0.115. The van der Waals surface area contributed by atoms with Gasteiger partial charge in [0.05, 0.1) is 33.4 Å². The van der Waals surface area contributed by atoms with Crippen LogP contribution in [0.1, 0.15) is 5.69 Å². The average molecular weight is 450 g/mol. The fraction of sp³-hybridized carbons (Fsp3) is 0.450. The second-order valence-electron chi connectivity index (χ2n) is 7.00. The number of urea groups is 1. The Bertz CT molecular complexity index is 901. The van der Waals surface area contributed by atoms with Crippen LogP contribution in [0.3, 0.4) is 0 Å². The van der Waals surface area contributed by atoms with E-state index in [1.165, 1.54) is 32.7 Å². The smallest absolute Gasteiger partial charge is 0.323 e. The molecule has 0 radical (unpaired) electrons. The molecule has 31 heavy (non-hydrogen) atoms. The maximum absolute atomic E-state index is 12.5. The van der Waals surface area contributed by atoms with E-state index in [1.807, 2.05) is 7.05 Å². The highest BCUT2D eigenvalue weighted by Crippen LogP contribution is 2.39. The van der Waals surface area contributed by atoms with Gasteiger partial charge in [0.1, 0.15) is 0 Å². The van der Waals surface area contributed by atoms with E-state index >= 15 is 0 Å². The number of likely N-dealkylation sites (N-methyl/N-ethyl adjacent to an activating group) is 1. The Labute approximate surface area is 185 Å². The molecule has 11 heteroatoms. The molecule has 2 N–H and O–H groups in total. The Morgan fingerprint density at radius 2 is 1.68 bits per heavy atom. The Morgan fingerprint density at radius 3 is 2.26 bits per heavy atom. The number of nitrogens with one attached hydrogen (secondary N) is 2. The van der Waals surface area contributed by atoms with Crippen molar-refractivity contribution in [2.75, 3.05) is 65.2 Å². The predicted octanol–water partition coefficient (Wildman–Crippen LogP) is 2.13. The summed E-state index contributed by atoms with van der Waals surface area (Å²) in [5.74, 6) is 1.08. The van der Waals surface area contributed by atoms with Gasteiger partial charge in [-0.25, -0.2) is 9.78 Å². The normalized spacial score (nSPS) is 14.1. The molecule has 0 saturated carbocycles. The highest BCUT2D eigenvalue weighted by atomic mass is 32.1. The maximum Gasteiger partial charge on any atom is 0.323 e. The summed E-state index contributed by atoms with van der Waals surface area (Å²) in [7, 11) is 6.57. The van der Waals surface area contributed by atoms with Gasteiger partial charge in [-0.15, -0.1) is 11.3 Å². The zero-order valence-corrected chi connectivity index (χ0v) is 18.9. The second-order valence-corrected chi connectivity index (χ2v) is 7.86. The molecule has 0 aliphatic carbocycles. The minimum Gasteiger partial charge on any atom is -0.493 e. The van der Waals surface area contributed by atoms with Gasteiger partial charge in [0.2, 0.25) is 11.7 Å². The molecular weight excluding hydrogens is 422 g/mol. The van der Waals surface area contributed by atoms with Gasteiger partial charge >= 0.3 is 6.03 Å². The van der Waals surface area contributed by atoms with Gasteiger partial charge in [0.25, 0.3) is 0 Å². The third-order valence-corrected chi connectivity index (χ3v) is 5.65. The van der Waals surface area contributed by atoms with Crippen molar-refractivity contribution in [3.05, 3.63) is 23.2 Å². The maximum atomic E-state index is 12.5. The van der Waals surface area contributed by atoms with Crippen molar-refractivity contribution in [1.82, 2.24) is 14.8 Å². The van der Waals surface area contributed by atoms with Crippen molar-refractivity contribution < 1.29 is 23.8 Å². The molecule has 0 unspecified atom stereocenters. The molecule has 1 aliphatic rings. The fourth-order valence-corrected chi connectivity index (χ4v) is 3.85. The van der Waals surface area contributed by atoms with E-state index in [1.54, 1.807) is 22.4 Å². The Hall–Kier alpha value is -3.05. The number of methoxy groups -OCH3 is 3. The summed E-state index contributed by atoms with van der Waals surface area (Å²) in [4.78, 5) is 33.2. The fourth-order valence-electron chi connectivity index (χ4n) is 3.15. The van der Waals surface area contributed by atoms with Crippen molar-refractivity contribution >= 4 is 34.1 Å². The minimum absolute atomic E-state index is 0.0670. The molecule has 1 fully saturated rings. The Morgan fingerprint density at radius 1 is 1.03 bits per heavy atom. The summed E-state index contributed by atoms with van der Waals surface area (Å²) in [6, 6.07) is 3.14. The number of ether oxygens (including phenoxy) is 3. The number of nitrogens with zero attached hydrogens (tertiary/aromatic N) is 3.